The van der Waals surface area contributed by atoms with Gasteiger partial charge in [-0.2, -0.15) is 0 Å². The quantitative estimate of drug-likeness (QED) is 0.395. The Morgan fingerprint density at radius 3 is 2.29 bits per heavy atom. The van der Waals surface area contributed by atoms with Gasteiger partial charge in [-0.05, 0) is 60.9 Å². The van der Waals surface area contributed by atoms with Crippen LogP contribution in [0.1, 0.15) is 12.0 Å². The molecule has 0 fully saturated rings. The first kappa shape index (κ1) is 25.4. The van der Waals surface area contributed by atoms with Crippen molar-refractivity contribution in [1.82, 2.24) is 5.32 Å². The predicted octanol–water partition coefficient (Wildman–Crippen LogP) is 4.30. The number of sulfonamides is 1. The second kappa shape index (κ2) is 11.8. The molecule has 0 saturated heterocycles. The number of hydrogen-bond acceptors (Lipinski definition) is 5. The van der Waals surface area contributed by atoms with Crippen LogP contribution in [0.25, 0.3) is 0 Å². The van der Waals surface area contributed by atoms with E-state index in [9.17, 15) is 13.2 Å². The minimum atomic E-state index is -4.00. The van der Waals surface area contributed by atoms with Crippen LogP contribution >= 0.6 is 11.6 Å². The molecule has 3 aromatic rings. The molecule has 1 N–H and O–H groups in total. The summed E-state index contributed by atoms with van der Waals surface area (Å²) < 4.78 is 38.1. The number of methoxy groups -OCH3 is 2. The summed E-state index contributed by atoms with van der Waals surface area (Å²) in [5, 5.41) is 3.05. The first-order chi connectivity index (χ1) is 16.3. The molecule has 0 spiro atoms. The smallest absolute Gasteiger partial charge is 0.264 e. The summed E-state index contributed by atoms with van der Waals surface area (Å²) in [7, 11) is -0.917. The number of carbonyl (C=O) groups excluding carboxylic acids is 1. The van der Waals surface area contributed by atoms with Crippen molar-refractivity contribution in [1.29, 1.82) is 0 Å². The summed E-state index contributed by atoms with van der Waals surface area (Å²) >= 11 is 6.23. The first-order valence-corrected chi connectivity index (χ1v) is 12.5. The van der Waals surface area contributed by atoms with Gasteiger partial charge in [0.1, 0.15) is 18.0 Å². The highest BCUT2D eigenvalue weighted by Crippen LogP contribution is 2.31. The van der Waals surface area contributed by atoms with Gasteiger partial charge in [-0.3, -0.25) is 9.10 Å². The van der Waals surface area contributed by atoms with E-state index in [1.54, 1.807) is 37.4 Å². The van der Waals surface area contributed by atoms with Gasteiger partial charge in [-0.15, -0.1) is 0 Å². The number of nitrogens with one attached hydrogen (secondary N) is 1. The van der Waals surface area contributed by atoms with Gasteiger partial charge in [0.2, 0.25) is 5.91 Å². The SMILES string of the molecule is COc1ccc(CCCNC(=O)CN(c2ccc(OC)c(Cl)c2)S(=O)(=O)c2ccccc2)cc1. The molecule has 0 aromatic heterocycles. The van der Waals surface area contributed by atoms with Crippen LogP contribution in [0.15, 0.2) is 77.7 Å². The second-order valence-electron chi connectivity index (χ2n) is 7.45. The zero-order valence-corrected chi connectivity index (χ0v) is 20.6. The van der Waals surface area contributed by atoms with Crippen LogP contribution in [-0.4, -0.2) is 41.6 Å². The van der Waals surface area contributed by atoms with E-state index in [0.29, 0.717) is 18.7 Å². The highest BCUT2D eigenvalue weighted by molar-refractivity contribution is 7.92. The zero-order valence-electron chi connectivity index (χ0n) is 19.0. The molecule has 34 heavy (non-hydrogen) atoms. The number of benzene rings is 3. The zero-order chi connectivity index (χ0) is 24.6. The molecule has 1 amide bonds. The third kappa shape index (κ3) is 6.42. The molecule has 9 heteroatoms. The van der Waals surface area contributed by atoms with E-state index in [-0.39, 0.29) is 22.2 Å². The lowest BCUT2D eigenvalue weighted by Crippen LogP contribution is -2.41. The molecule has 0 radical (unpaired) electrons. The number of anilines is 1. The van der Waals surface area contributed by atoms with E-state index in [4.69, 9.17) is 21.1 Å². The molecule has 3 aromatic carbocycles. The van der Waals surface area contributed by atoms with Crippen molar-refractivity contribution >= 4 is 33.2 Å². The lowest BCUT2D eigenvalue weighted by atomic mass is 10.1. The number of aryl methyl sites for hydroxylation is 1. The molecule has 7 nitrogen and oxygen atoms in total. The summed E-state index contributed by atoms with van der Waals surface area (Å²) in [6, 6.07) is 20.3. The topological polar surface area (TPSA) is 84.9 Å². The number of halogens is 1. The highest BCUT2D eigenvalue weighted by Gasteiger charge is 2.27. The number of hydrogen-bond donors (Lipinski definition) is 1. The van der Waals surface area contributed by atoms with Gasteiger partial charge in [0.15, 0.2) is 0 Å². The van der Waals surface area contributed by atoms with Crippen LogP contribution in [0.2, 0.25) is 5.02 Å². The fourth-order valence-electron chi connectivity index (χ4n) is 3.34. The Morgan fingerprint density at radius 1 is 0.971 bits per heavy atom. The summed E-state index contributed by atoms with van der Waals surface area (Å²) in [5.74, 6) is 0.780. The Morgan fingerprint density at radius 2 is 1.68 bits per heavy atom. The Bertz CT molecular complexity index is 1200. The Balaban J connectivity index is 1.70. The molecule has 0 aliphatic heterocycles. The third-order valence-electron chi connectivity index (χ3n) is 5.17. The maximum Gasteiger partial charge on any atom is 0.264 e. The van der Waals surface area contributed by atoms with Gasteiger partial charge >= 0.3 is 0 Å². The van der Waals surface area contributed by atoms with Crippen molar-refractivity contribution in [2.45, 2.75) is 17.7 Å². The molecule has 0 aliphatic carbocycles. The molecule has 0 atom stereocenters. The molecule has 180 valence electrons. The van der Waals surface area contributed by atoms with E-state index in [2.05, 4.69) is 5.32 Å². The van der Waals surface area contributed by atoms with Crippen molar-refractivity contribution in [3.8, 4) is 11.5 Å². The Kier molecular flexibility index (Phi) is 8.79. The fraction of sp³-hybridized carbons (Fsp3) is 0.240. The number of amides is 1. The van der Waals surface area contributed by atoms with Crippen LogP contribution < -0.4 is 19.1 Å². The van der Waals surface area contributed by atoms with Crippen molar-refractivity contribution in [2.24, 2.45) is 0 Å². The van der Waals surface area contributed by atoms with Crippen LogP contribution in [0, 0.1) is 0 Å². The van der Waals surface area contributed by atoms with E-state index in [0.717, 1.165) is 22.0 Å². The summed E-state index contributed by atoms with van der Waals surface area (Å²) in [5.41, 5.74) is 1.39. The minimum Gasteiger partial charge on any atom is -0.497 e. The normalized spacial score (nSPS) is 11.0. The van der Waals surface area contributed by atoms with Crippen molar-refractivity contribution in [3.63, 3.8) is 0 Å². The lowest BCUT2D eigenvalue weighted by molar-refractivity contribution is -0.119. The molecule has 0 aliphatic rings. The van der Waals surface area contributed by atoms with E-state index < -0.39 is 15.9 Å². The largest absolute Gasteiger partial charge is 0.497 e. The predicted molar refractivity (Wildman–Crippen MR) is 133 cm³/mol. The van der Waals surface area contributed by atoms with E-state index in [1.165, 1.54) is 25.3 Å². The maximum absolute atomic E-state index is 13.4. The number of carbonyl (C=O) groups is 1. The Labute approximate surface area is 205 Å². The molecule has 3 rings (SSSR count). The minimum absolute atomic E-state index is 0.0780. The summed E-state index contributed by atoms with van der Waals surface area (Å²) in [6.45, 7) is 0.0237. The number of nitrogens with zero attached hydrogens (tertiary/aromatic N) is 1. The molecule has 0 heterocycles. The number of rotatable bonds is 11. The standard InChI is InChI=1S/C25H27ClN2O5S/c1-32-21-13-10-19(11-14-21)7-6-16-27-25(29)18-28(20-12-15-24(33-2)23(26)17-20)34(30,31)22-8-4-3-5-9-22/h3-5,8-15,17H,6-7,16,18H2,1-2H3,(H,27,29). The molecule has 0 bridgehead atoms. The van der Waals surface area contributed by atoms with Gasteiger partial charge in [0, 0.05) is 6.54 Å². The van der Waals surface area contributed by atoms with E-state index >= 15 is 0 Å². The molecule has 0 saturated carbocycles. The van der Waals surface area contributed by atoms with Crippen molar-refractivity contribution in [2.75, 3.05) is 31.6 Å². The van der Waals surface area contributed by atoms with Crippen LogP contribution in [0.5, 0.6) is 11.5 Å². The monoisotopic (exact) mass is 502 g/mol. The molecular formula is C25H27ClN2O5S. The van der Waals surface area contributed by atoms with Crippen molar-refractivity contribution < 1.29 is 22.7 Å². The lowest BCUT2D eigenvalue weighted by Gasteiger charge is -2.24. The fourth-order valence-corrected chi connectivity index (χ4v) is 5.03. The average molecular weight is 503 g/mol. The molecule has 0 unspecified atom stereocenters. The Hall–Kier alpha value is -3.23. The highest BCUT2D eigenvalue weighted by atomic mass is 35.5. The first-order valence-electron chi connectivity index (χ1n) is 10.7. The third-order valence-corrected chi connectivity index (χ3v) is 7.25. The van der Waals surface area contributed by atoms with Gasteiger partial charge < -0.3 is 14.8 Å². The molecular weight excluding hydrogens is 476 g/mol. The number of ether oxygens (including phenoxy) is 2. The van der Waals surface area contributed by atoms with Gasteiger partial charge in [0.25, 0.3) is 10.0 Å². The van der Waals surface area contributed by atoms with Gasteiger partial charge in [0.05, 0.1) is 29.8 Å². The van der Waals surface area contributed by atoms with Crippen LogP contribution in [0.3, 0.4) is 0 Å². The van der Waals surface area contributed by atoms with Crippen LogP contribution in [-0.2, 0) is 21.2 Å². The summed E-state index contributed by atoms with van der Waals surface area (Å²) in [6.07, 6.45) is 1.47. The summed E-state index contributed by atoms with van der Waals surface area (Å²) in [4.78, 5) is 12.8. The van der Waals surface area contributed by atoms with Crippen LogP contribution in [0.4, 0.5) is 5.69 Å². The van der Waals surface area contributed by atoms with Crippen molar-refractivity contribution in [3.05, 3.63) is 83.4 Å². The van der Waals surface area contributed by atoms with Gasteiger partial charge in [-0.25, -0.2) is 8.42 Å². The van der Waals surface area contributed by atoms with E-state index in [1.807, 2.05) is 24.3 Å². The second-order valence-corrected chi connectivity index (χ2v) is 9.71. The maximum atomic E-state index is 13.4. The average Bonchev–Trinajstić information content (AvgIpc) is 2.86. The van der Waals surface area contributed by atoms with Gasteiger partial charge in [-0.1, -0.05) is 41.9 Å².